The molecule has 0 spiro atoms. The average molecular weight is 477 g/mol. The molecule has 4 nitrogen and oxygen atoms in total. The molecule has 2 rings (SSSR count). The molecule has 6 heteroatoms. The fraction of sp³-hybridized carbons (Fsp3) is 0.462. The molecule has 0 radical (unpaired) electrons. The van der Waals surface area contributed by atoms with Crippen LogP contribution in [0.1, 0.15) is 70.6 Å². The van der Waals surface area contributed by atoms with E-state index in [4.69, 9.17) is 23.2 Å². The van der Waals surface area contributed by atoms with E-state index in [1.54, 1.807) is 30.0 Å². The maximum absolute atomic E-state index is 13.3. The van der Waals surface area contributed by atoms with Gasteiger partial charge in [0.15, 0.2) is 0 Å². The van der Waals surface area contributed by atoms with E-state index in [2.05, 4.69) is 43.4 Å². The molecule has 0 bridgehead atoms. The number of rotatable bonds is 8. The van der Waals surface area contributed by atoms with Crippen molar-refractivity contribution in [3.63, 3.8) is 0 Å². The quantitative estimate of drug-likeness (QED) is 0.480. The van der Waals surface area contributed by atoms with E-state index in [-0.39, 0.29) is 24.8 Å². The number of benzene rings is 2. The minimum Gasteiger partial charge on any atom is -0.350 e. The van der Waals surface area contributed by atoms with Gasteiger partial charge in [0.05, 0.1) is 0 Å². The molecule has 0 saturated carbocycles. The van der Waals surface area contributed by atoms with Crippen molar-refractivity contribution in [3.05, 3.63) is 69.2 Å². The Morgan fingerprint density at radius 1 is 0.969 bits per heavy atom. The van der Waals surface area contributed by atoms with Crippen LogP contribution >= 0.6 is 23.2 Å². The third-order valence-corrected chi connectivity index (χ3v) is 6.04. The third-order valence-electron chi connectivity index (χ3n) is 5.33. The summed E-state index contributed by atoms with van der Waals surface area (Å²) in [6.07, 6.45) is 0.883. The van der Waals surface area contributed by atoms with Crippen LogP contribution in [0.5, 0.6) is 0 Å². The number of halogens is 2. The van der Waals surface area contributed by atoms with Gasteiger partial charge in [0.2, 0.25) is 11.8 Å². The van der Waals surface area contributed by atoms with Crippen molar-refractivity contribution in [2.75, 3.05) is 0 Å². The number of amides is 2. The Kier molecular flexibility index (Phi) is 9.18. The SMILES string of the molecule is CC(C)c1ccc(CCC(=O)N(Cc2c(Cl)cccc2Cl)[C@H](C)C(=O)NC(C)(C)C)cc1. The number of carbonyl (C=O) groups is 2. The summed E-state index contributed by atoms with van der Waals surface area (Å²) in [6, 6.07) is 12.9. The van der Waals surface area contributed by atoms with Crippen LogP contribution in [0.25, 0.3) is 0 Å². The zero-order valence-corrected chi connectivity index (χ0v) is 21.3. The van der Waals surface area contributed by atoms with E-state index < -0.39 is 11.6 Å². The average Bonchev–Trinajstić information content (AvgIpc) is 2.70. The van der Waals surface area contributed by atoms with Crippen molar-refractivity contribution in [3.8, 4) is 0 Å². The van der Waals surface area contributed by atoms with Gasteiger partial charge in [0, 0.05) is 34.1 Å². The van der Waals surface area contributed by atoms with Crippen LogP contribution in [0, 0.1) is 0 Å². The smallest absolute Gasteiger partial charge is 0.242 e. The Morgan fingerprint density at radius 2 is 1.53 bits per heavy atom. The molecular weight excluding hydrogens is 443 g/mol. The van der Waals surface area contributed by atoms with Gasteiger partial charge in [-0.2, -0.15) is 0 Å². The summed E-state index contributed by atoms with van der Waals surface area (Å²) in [5.41, 5.74) is 2.59. The summed E-state index contributed by atoms with van der Waals surface area (Å²) in [4.78, 5) is 27.7. The van der Waals surface area contributed by atoms with Gasteiger partial charge in [-0.05, 0) is 63.3 Å². The zero-order chi connectivity index (χ0) is 24.1. The minimum atomic E-state index is -0.669. The summed E-state index contributed by atoms with van der Waals surface area (Å²) in [5.74, 6) is 0.129. The highest BCUT2D eigenvalue weighted by atomic mass is 35.5. The van der Waals surface area contributed by atoms with Crippen LogP contribution < -0.4 is 5.32 Å². The summed E-state index contributed by atoms with van der Waals surface area (Å²) in [6.45, 7) is 11.9. The minimum absolute atomic E-state index is 0.120. The summed E-state index contributed by atoms with van der Waals surface area (Å²) < 4.78 is 0. The van der Waals surface area contributed by atoms with Crippen LogP contribution in [0.15, 0.2) is 42.5 Å². The molecule has 0 aliphatic carbocycles. The molecule has 2 aromatic carbocycles. The van der Waals surface area contributed by atoms with Gasteiger partial charge in [-0.25, -0.2) is 0 Å². The maximum atomic E-state index is 13.3. The highest BCUT2D eigenvalue weighted by molar-refractivity contribution is 6.36. The number of nitrogens with zero attached hydrogens (tertiary/aromatic N) is 1. The van der Waals surface area contributed by atoms with E-state index in [0.29, 0.717) is 27.9 Å². The van der Waals surface area contributed by atoms with E-state index in [0.717, 1.165) is 5.56 Å². The van der Waals surface area contributed by atoms with Gasteiger partial charge in [-0.1, -0.05) is 67.4 Å². The molecule has 174 valence electrons. The second-order valence-electron chi connectivity index (χ2n) is 9.53. The van der Waals surface area contributed by atoms with Gasteiger partial charge < -0.3 is 10.2 Å². The van der Waals surface area contributed by atoms with Crippen LogP contribution in [-0.4, -0.2) is 28.3 Å². The van der Waals surface area contributed by atoms with E-state index in [9.17, 15) is 9.59 Å². The Bertz CT molecular complexity index is 914. The molecule has 0 aliphatic heterocycles. The van der Waals surface area contributed by atoms with Gasteiger partial charge in [-0.15, -0.1) is 0 Å². The Hall–Kier alpha value is -2.04. The standard InChI is InChI=1S/C26H34Cl2N2O2/c1-17(2)20-13-10-19(11-14-20)12-15-24(31)30(18(3)25(32)29-26(4,5)6)16-21-22(27)8-7-9-23(21)28/h7-11,13-14,17-18H,12,15-16H2,1-6H3,(H,29,32)/t18-/m1/s1. The fourth-order valence-electron chi connectivity index (χ4n) is 3.37. The first-order valence-corrected chi connectivity index (χ1v) is 11.8. The largest absolute Gasteiger partial charge is 0.350 e. The van der Waals surface area contributed by atoms with Crippen LogP contribution in [0.3, 0.4) is 0 Å². The predicted molar refractivity (Wildman–Crippen MR) is 133 cm³/mol. The molecule has 2 amide bonds. The van der Waals surface area contributed by atoms with Gasteiger partial charge in [0.25, 0.3) is 0 Å². The first-order chi connectivity index (χ1) is 14.9. The van der Waals surface area contributed by atoms with E-state index in [1.807, 2.05) is 20.8 Å². The Labute approximate surface area is 202 Å². The lowest BCUT2D eigenvalue weighted by atomic mass is 10.00. The molecule has 0 heterocycles. The van der Waals surface area contributed by atoms with Crippen LogP contribution in [0.4, 0.5) is 0 Å². The Morgan fingerprint density at radius 3 is 2.03 bits per heavy atom. The van der Waals surface area contributed by atoms with E-state index in [1.165, 1.54) is 5.56 Å². The van der Waals surface area contributed by atoms with Crippen molar-refractivity contribution >= 4 is 35.0 Å². The molecule has 0 fully saturated rings. The van der Waals surface area contributed by atoms with Crippen molar-refractivity contribution in [1.29, 1.82) is 0 Å². The second kappa shape index (κ2) is 11.2. The van der Waals surface area contributed by atoms with Crippen LogP contribution in [-0.2, 0) is 22.6 Å². The number of aryl methyl sites for hydroxylation is 1. The topological polar surface area (TPSA) is 49.4 Å². The van der Waals surface area contributed by atoms with Crippen molar-refractivity contribution in [1.82, 2.24) is 10.2 Å². The fourth-order valence-corrected chi connectivity index (χ4v) is 3.89. The first kappa shape index (κ1) is 26.2. The number of hydrogen-bond acceptors (Lipinski definition) is 2. The van der Waals surface area contributed by atoms with Gasteiger partial charge in [0.1, 0.15) is 6.04 Å². The lowest BCUT2D eigenvalue weighted by Crippen LogP contribution is -2.52. The lowest BCUT2D eigenvalue weighted by molar-refractivity contribution is -0.141. The van der Waals surface area contributed by atoms with Crippen LogP contribution in [0.2, 0.25) is 10.0 Å². The molecule has 1 N–H and O–H groups in total. The Balaban J connectivity index is 2.22. The van der Waals surface area contributed by atoms with Crippen molar-refractivity contribution < 1.29 is 9.59 Å². The molecule has 0 aromatic heterocycles. The lowest BCUT2D eigenvalue weighted by Gasteiger charge is -2.32. The van der Waals surface area contributed by atoms with Crippen molar-refractivity contribution in [2.45, 2.75) is 78.4 Å². The molecule has 1 atom stereocenters. The van der Waals surface area contributed by atoms with Gasteiger partial charge >= 0.3 is 0 Å². The van der Waals surface area contributed by atoms with E-state index >= 15 is 0 Å². The first-order valence-electron chi connectivity index (χ1n) is 11.0. The number of hydrogen-bond donors (Lipinski definition) is 1. The number of nitrogens with one attached hydrogen (secondary N) is 1. The zero-order valence-electron chi connectivity index (χ0n) is 19.8. The summed E-state index contributed by atoms with van der Waals surface area (Å²) >= 11 is 12.7. The molecular formula is C26H34Cl2N2O2. The molecule has 32 heavy (non-hydrogen) atoms. The normalized spacial score (nSPS) is 12.5. The summed E-state index contributed by atoms with van der Waals surface area (Å²) in [7, 11) is 0. The molecule has 2 aromatic rings. The van der Waals surface area contributed by atoms with Crippen molar-refractivity contribution in [2.24, 2.45) is 0 Å². The predicted octanol–water partition coefficient (Wildman–Crippen LogP) is 6.38. The third kappa shape index (κ3) is 7.53. The monoisotopic (exact) mass is 476 g/mol. The highest BCUT2D eigenvalue weighted by Crippen LogP contribution is 2.27. The van der Waals surface area contributed by atoms with Gasteiger partial charge in [-0.3, -0.25) is 9.59 Å². The second-order valence-corrected chi connectivity index (χ2v) is 10.3. The molecule has 0 unspecified atom stereocenters. The molecule has 0 aliphatic rings. The maximum Gasteiger partial charge on any atom is 0.242 e. The molecule has 0 saturated heterocycles. The number of carbonyl (C=O) groups excluding carboxylic acids is 2. The summed E-state index contributed by atoms with van der Waals surface area (Å²) in [5, 5.41) is 3.91. The highest BCUT2D eigenvalue weighted by Gasteiger charge is 2.29.